The van der Waals surface area contributed by atoms with Gasteiger partial charge in [-0.15, -0.1) is 0 Å². The molecule has 1 saturated heterocycles. The zero-order valence-electron chi connectivity index (χ0n) is 15.8. The van der Waals surface area contributed by atoms with Crippen LogP contribution < -0.4 is 5.56 Å². The Morgan fingerprint density at radius 2 is 1.74 bits per heavy atom. The largest absolute Gasteiger partial charge is 0.306 e. The molecule has 0 spiro atoms. The Bertz CT molecular complexity index is 983. The average molecular weight is 391 g/mol. The maximum Gasteiger partial charge on any atom is 0.270 e. The molecule has 0 unspecified atom stereocenters. The lowest BCUT2D eigenvalue weighted by molar-refractivity contribution is 0.209. The lowest BCUT2D eigenvalue weighted by atomic mass is 10.1. The Morgan fingerprint density at radius 1 is 1.07 bits per heavy atom. The molecule has 2 aliphatic heterocycles. The molecule has 1 aromatic carbocycles. The van der Waals surface area contributed by atoms with Crippen molar-refractivity contribution in [1.82, 2.24) is 19.0 Å². The monoisotopic (exact) mass is 390 g/mol. The molecule has 0 aliphatic carbocycles. The minimum Gasteiger partial charge on any atom is -0.306 e. The van der Waals surface area contributed by atoms with E-state index in [0.717, 1.165) is 42.8 Å². The van der Waals surface area contributed by atoms with Gasteiger partial charge in [0.05, 0.1) is 23.2 Å². The first-order chi connectivity index (χ1) is 12.9. The van der Waals surface area contributed by atoms with Crippen molar-refractivity contribution < 1.29 is 8.42 Å². The highest BCUT2D eigenvalue weighted by Gasteiger charge is 2.32. The summed E-state index contributed by atoms with van der Waals surface area (Å²) in [5.74, 6) is 0. The van der Waals surface area contributed by atoms with E-state index in [2.05, 4.69) is 17.0 Å². The molecule has 2 aromatic rings. The molecule has 1 N–H and O–H groups in total. The Labute approximate surface area is 159 Å². The molecule has 8 heteroatoms. The van der Waals surface area contributed by atoms with Gasteiger partial charge in [0.1, 0.15) is 0 Å². The molecule has 0 atom stereocenters. The van der Waals surface area contributed by atoms with E-state index >= 15 is 0 Å². The van der Waals surface area contributed by atoms with Crippen molar-refractivity contribution in [2.75, 3.05) is 26.7 Å². The molecule has 0 saturated carbocycles. The molecule has 146 valence electrons. The number of nitrogens with zero attached hydrogens (tertiary/aromatic N) is 3. The van der Waals surface area contributed by atoms with Gasteiger partial charge in [0.15, 0.2) is 0 Å². The number of benzene rings is 1. The Balaban J connectivity index is 1.59. The van der Waals surface area contributed by atoms with Crippen molar-refractivity contribution in [3.8, 4) is 0 Å². The second-order valence-electron chi connectivity index (χ2n) is 7.68. The maximum atomic E-state index is 13.0. The van der Waals surface area contributed by atoms with Gasteiger partial charge in [-0.1, -0.05) is 17.7 Å². The number of rotatable bonds is 3. The summed E-state index contributed by atoms with van der Waals surface area (Å²) in [4.78, 5) is 15.4. The zero-order chi connectivity index (χ0) is 19.2. The number of aryl methyl sites for hydroxylation is 1. The summed E-state index contributed by atoms with van der Waals surface area (Å²) in [7, 11) is -1.47. The zero-order valence-corrected chi connectivity index (χ0v) is 16.6. The van der Waals surface area contributed by atoms with E-state index in [1.165, 1.54) is 4.31 Å². The van der Waals surface area contributed by atoms with Gasteiger partial charge in [-0.25, -0.2) is 13.1 Å². The topological polar surface area (TPSA) is 78.4 Å². The van der Waals surface area contributed by atoms with Crippen molar-refractivity contribution in [3.63, 3.8) is 0 Å². The molecule has 1 aromatic heterocycles. The standard InChI is InChI=1S/C19H26N4O3S/c1-14-3-5-16(6-4-14)27(25,26)22-12-9-17-18(13-22)20-23(19(17)24)15-7-10-21(2)11-8-15/h3-6,15,20H,7-13H2,1-2H3. The first-order valence-corrected chi connectivity index (χ1v) is 10.9. The number of piperidine rings is 1. The molecule has 4 rings (SSSR count). The van der Waals surface area contributed by atoms with Crippen molar-refractivity contribution in [3.05, 3.63) is 51.4 Å². The smallest absolute Gasteiger partial charge is 0.270 e. The fourth-order valence-electron chi connectivity index (χ4n) is 3.99. The molecule has 0 bridgehead atoms. The number of nitrogens with one attached hydrogen (secondary N) is 1. The third kappa shape index (κ3) is 3.37. The van der Waals surface area contributed by atoms with E-state index in [1.54, 1.807) is 28.9 Å². The van der Waals surface area contributed by atoms with Crippen LogP contribution in [0.5, 0.6) is 0 Å². The number of sulfonamides is 1. The summed E-state index contributed by atoms with van der Waals surface area (Å²) in [6.45, 7) is 4.42. The highest BCUT2D eigenvalue weighted by Crippen LogP contribution is 2.25. The van der Waals surface area contributed by atoms with Crippen LogP contribution in [-0.2, 0) is 23.0 Å². The van der Waals surface area contributed by atoms with Gasteiger partial charge in [-0.3, -0.25) is 9.89 Å². The first-order valence-electron chi connectivity index (χ1n) is 9.44. The van der Waals surface area contributed by atoms with Crippen molar-refractivity contribution in [2.45, 2.75) is 43.7 Å². The Hall–Kier alpha value is -1.90. The first kappa shape index (κ1) is 18.5. The summed E-state index contributed by atoms with van der Waals surface area (Å²) in [5.41, 5.74) is 2.52. The van der Waals surface area contributed by atoms with Gasteiger partial charge in [0.2, 0.25) is 10.0 Å². The number of aromatic amines is 1. The van der Waals surface area contributed by atoms with Crippen molar-refractivity contribution >= 4 is 10.0 Å². The van der Waals surface area contributed by atoms with Crippen molar-refractivity contribution in [1.29, 1.82) is 0 Å². The van der Waals surface area contributed by atoms with Crippen LogP contribution in [0, 0.1) is 6.92 Å². The summed E-state index contributed by atoms with van der Waals surface area (Å²) in [6.07, 6.45) is 2.32. The van der Waals surface area contributed by atoms with Gasteiger partial charge in [-0.05, 0) is 58.5 Å². The van der Waals surface area contributed by atoms with E-state index in [4.69, 9.17) is 0 Å². The maximum absolute atomic E-state index is 13.0. The average Bonchev–Trinajstić information content (AvgIpc) is 2.99. The van der Waals surface area contributed by atoms with Crippen LogP contribution in [0.3, 0.4) is 0 Å². The molecule has 27 heavy (non-hydrogen) atoms. The number of hydrogen-bond acceptors (Lipinski definition) is 4. The van der Waals surface area contributed by atoms with Crippen LogP contribution in [-0.4, -0.2) is 54.1 Å². The lowest BCUT2D eigenvalue weighted by Crippen LogP contribution is -2.37. The minimum atomic E-state index is -3.56. The predicted molar refractivity (Wildman–Crippen MR) is 103 cm³/mol. The van der Waals surface area contributed by atoms with Crippen LogP contribution in [0.1, 0.15) is 35.7 Å². The van der Waals surface area contributed by atoms with Crippen molar-refractivity contribution in [2.24, 2.45) is 0 Å². The van der Waals surface area contributed by atoms with E-state index in [0.29, 0.717) is 17.9 Å². The van der Waals surface area contributed by atoms with Gasteiger partial charge in [0.25, 0.3) is 5.56 Å². The third-order valence-electron chi connectivity index (χ3n) is 5.75. The predicted octanol–water partition coefficient (Wildman–Crippen LogP) is 1.50. The van der Waals surface area contributed by atoms with Gasteiger partial charge < -0.3 is 4.90 Å². The van der Waals surface area contributed by atoms with Crippen LogP contribution >= 0.6 is 0 Å². The highest BCUT2D eigenvalue weighted by atomic mass is 32.2. The van der Waals surface area contributed by atoms with E-state index in [9.17, 15) is 13.2 Å². The molecule has 2 aliphatic rings. The molecular formula is C19H26N4O3S. The molecule has 7 nitrogen and oxygen atoms in total. The fraction of sp³-hybridized carbons (Fsp3) is 0.526. The number of likely N-dealkylation sites (tertiary alicyclic amines) is 1. The number of fused-ring (bicyclic) bond motifs is 1. The lowest BCUT2D eigenvalue weighted by Gasteiger charge is -2.29. The van der Waals surface area contributed by atoms with Crippen LogP contribution in [0.15, 0.2) is 34.0 Å². The van der Waals surface area contributed by atoms with Crippen LogP contribution in [0.4, 0.5) is 0 Å². The molecule has 1 fully saturated rings. The second kappa shape index (κ2) is 6.92. The summed E-state index contributed by atoms with van der Waals surface area (Å²) in [5, 5.41) is 3.23. The summed E-state index contributed by atoms with van der Waals surface area (Å²) >= 11 is 0. The van der Waals surface area contributed by atoms with Crippen LogP contribution in [0.2, 0.25) is 0 Å². The number of H-pyrrole nitrogens is 1. The summed E-state index contributed by atoms with van der Waals surface area (Å²) < 4.78 is 29.1. The van der Waals surface area contributed by atoms with Crippen LogP contribution in [0.25, 0.3) is 0 Å². The van der Waals surface area contributed by atoms with E-state index in [1.807, 2.05) is 6.92 Å². The Morgan fingerprint density at radius 3 is 2.41 bits per heavy atom. The molecular weight excluding hydrogens is 364 g/mol. The molecule has 0 amide bonds. The Kier molecular flexibility index (Phi) is 4.73. The number of aromatic nitrogens is 2. The summed E-state index contributed by atoms with van der Waals surface area (Å²) in [6, 6.07) is 7.07. The fourth-order valence-corrected chi connectivity index (χ4v) is 5.40. The quantitative estimate of drug-likeness (QED) is 0.862. The third-order valence-corrected chi connectivity index (χ3v) is 7.61. The van der Waals surface area contributed by atoms with Gasteiger partial charge in [-0.2, -0.15) is 4.31 Å². The minimum absolute atomic E-state index is 0.0203. The normalized spacial score (nSPS) is 19.9. The number of hydrogen-bond donors (Lipinski definition) is 1. The van der Waals surface area contributed by atoms with E-state index in [-0.39, 0.29) is 18.1 Å². The van der Waals surface area contributed by atoms with Gasteiger partial charge in [0, 0.05) is 12.1 Å². The van der Waals surface area contributed by atoms with Gasteiger partial charge >= 0.3 is 0 Å². The SMILES string of the molecule is Cc1ccc(S(=O)(=O)N2CCc3c([nH]n(C4CCN(C)CC4)c3=O)C2)cc1. The second-order valence-corrected chi connectivity index (χ2v) is 9.62. The van der Waals surface area contributed by atoms with E-state index < -0.39 is 10.0 Å². The molecule has 3 heterocycles. The molecule has 0 radical (unpaired) electrons. The highest BCUT2D eigenvalue weighted by molar-refractivity contribution is 7.89.